The predicted molar refractivity (Wildman–Crippen MR) is 97.7 cm³/mol. The quantitative estimate of drug-likeness (QED) is 0.895. The van der Waals surface area contributed by atoms with Crippen LogP contribution in [-0.4, -0.2) is 47.9 Å². The van der Waals surface area contributed by atoms with Gasteiger partial charge in [-0.15, -0.1) is 0 Å². The molecule has 27 heavy (non-hydrogen) atoms. The van der Waals surface area contributed by atoms with Crippen LogP contribution in [0.4, 0.5) is 10.2 Å². The smallest absolute Gasteiger partial charge is 0.254 e. The van der Waals surface area contributed by atoms with Gasteiger partial charge in [-0.1, -0.05) is 18.2 Å². The SMILES string of the molecule is O=C(c1ccnc(NCc2ccccc2F)c1)N1CCC2(CC1)OCCO2. The van der Waals surface area contributed by atoms with Crippen LogP contribution in [0.5, 0.6) is 0 Å². The van der Waals surface area contributed by atoms with E-state index in [0.29, 0.717) is 62.6 Å². The van der Waals surface area contributed by atoms with Gasteiger partial charge in [0.2, 0.25) is 0 Å². The first-order chi connectivity index (χ1) is 13.2. The first kappa shape index (κ1) is 17.9. The number of pyridine rings is 1. The topological polar surface area (TPSA) is 63.7 Å². The fourth-order valence-electron chi connectivity index (χ4n) is 3.51. The van der Waals surface area contributed by atoms with Crippen LogP contribution in [-0.2, 0) is 16.0 Å². The third-order valence-corrected chi connectivity index (χ3v) is 5.05. The third-order valence-electron chi connectivity index (χ3n) is 5.05. The number of hydrogen-bond acceptors (Lipinski definition) is 5. The summed E-state index contributed by atoms with van der Waals surface area (Å²) in [4.78, 5) is 18.8. The molecule has 1 spiro atoms. The van der Waals surface area contributed by atoms with Crippen LogP contribution in [0.15, 0.2) is 42.6 Å². The number of amides is 1. The molecule has 2 fully saturated rings. The van der Waals surface area contributed by atoms with E-state index in [0.717, 1.165) is 0 Å². The third kappa shape index (κ3) is 3.94. The molecular formula is C20H22FN3O3. The number of ether oxygens (including phenoxy) is 2. The van der Waals surface area contributed by atoms with Gasteiger partial charge in [0.05, 0.1) is 13.2 Å². The number of carbonyl (C=O) groups excluding carboxylic acids is 1. The molecule has 1 amide bonds. The average Bonchev–Trinajstić information content (AvgIpc) is 3.16. The van der Waals surface area contributed by atoms with E-state index < -0.39 is 5.79 Å². The number of nitrogens with one attached hydrogen (secondary N) is 1. The highest BCUT2D eigenvalue weighted by atomic mass is 19.1. The molecule has 7 heteroatoms. The molecule has 1 aromatic carbocycles. The Morgan fingerprint density at radius 2 is 1.93 bits per heavy atom. The Labute approximate surface area is 157 Å². The highest BCUT2D eigenvalue weighted by Crippen LogP contribution is 2.31. The maximum atomic E-state index is 13.7. The van der Waals surface area contributed by atoms with Crippen LogP contribution >= 0.6 is 0 Å². The molecule has 2 saturated heterocycles. The summed E-state index contributed by atoms with van der Waals surface area (Å²) in [5, 5.41) is 3.08. The van der Waals surface area contributed by atoms with Crippen molar-refractivity contribution in [2.24, 2.45) is 0 Å². The Kier molecular flexibility index (Phi) is 5.05. The molecule has 2 aromatic rings. The van der Waals surface area contributed by atoms with Gasteiger partial charge in [-0.3, -0.25) is 4.79 Å². The number of nitrogens with zero attached hydrogens (tertiary/aromatic N) is 2. The van der Waals surface area contributed by atoms with Gasteiger partial charge in [0.15, 0.2) is 5.79 Å². The van der Waals surface area contributed by atoms with Crippen molar-refractivity contribution in [3.63, 3.8) is 0 Å². The van der Waals surface area contributed by atoms with Gasteiger partial charge in [-0.25, -0.2) is 9.37 Å². The van der Waals surface area contributed by atoms with Crippen LogP contribution in [0, 0.1) is 5.82 Å². The molecule has 4 rings (SSSR count). The lowest BCUT2D eigenvalue weighted by Crippen LogP contribution is -2.47. The van der Waals surface area contributed by atoms with Crippen molar-refractivity contribution in [1.29, 1.82) is 0 Å². The fraction of sp³-hybridized carbons (Fsp3) is 0.400. The highest BCUT2D eigenvalue weighted by Gasteiger charge is 2.40. The summed E-state index contributed by atoms with van der Waals surface area (Å²) in [5.41, 5.74) is 1.11. The summed E-state index contributed by atoms with van der Waals surface area (Å²) < 4.78 is 25.1. The van der Waals surface area contributed by atoms with E-state index >= 15 is 0 Å². The minimum Gasteiger partial charge on any atom is -0.366 e. The van der Waals surface area contributed by atoms with Crippen molar-refractivity contribution in [2.75, 3.05) is 31.6 Å². The maximum Gasteiger partial charge on any atom is 0.254 e. The van der Waals surface area contributed by atoms with E-state index in [1.54, 1.807) is 36.5 Å². The van der Waals surface area contributed by atoms with Crippen LogP contribution in [0.3, 0.4) is 0 Å². The summed E-state index contributed by atoms with van der Waals surface area (Å²) in [5.74, 6) is -0.267. The Morgan fingerprint density at radius 1 is 1.19 bits per heavy atom. The van der Waals surface area contributed by atoms with Gasteiger partial charge < -0.3 is 19.7 Å². The van der Waals surface area contributed by atoms with Crippen LogP contribution < -0.4 is 5.32 Å². The van der Waals surface area contributed by atoms with Crippen LogP contribution in [0.25, 0.3) is 0 Å². The lowest BCUT2D eigenvalue weighted by Gasteiger charge is -2.37. The summed E-state index contributed by atoms with van der Waals surface area (Å²) in [6.07, 6.45) is 2.95. The fourth-order valence-corrected chi connectivity index (χ4v) is 3.51. The number of carbonyl (C=O) groups is 1. The van der Waals surface area contributed by atoms with E-state index in [1.807, 2.05) is 4.90 Å². The molecule has 142 valence electrons. The van der Waals surface area contributed by atoms with Gasteiger partial charge in [0, 0.05) is 49.8 Å². The second kappa shape index (κ2) is 7.62. The van der Waals surface area contributed by atoms with Crippen LogP contribution in [0.1, 0.15) is 28.8 Å². The number of anilines is 1. The van der Waals surface area contributed by atoms with Crippen molar-refractivity contribution in [1.82, 2.24) is 9.88 Å². The number of halogens is 1. The predicted octanol–water partition coefficient (Wildman–Crippen LogP) is 2.81. The van der Waals surface area contributed by atoms with E-state index in [2.05, 4.69) is 10.3 Å². The number of aromatic nitrogens is 1. The first-order valence-corrected chi connectivity index (χ1v) is 9.16. The van der Waals surface area contributed by atoms with Crippen molar-refractivity contribution in [3.05, 3.63) is 59.5 Å². The van der Waals surface area contributed by atoms with Crippen molar-refractivity contribution in [3.8, 4) is 0 Å². The molecule has 0 saturated carbocycles. The summed E-state index contributed by atoms with van der Waals surface area (Å²) in [6.45, 7) is 2.74. The van der Waals surface area contributed by atoms with E-state index in [-0.39, 0.29) is 11.7 Å². The minimum absolute atomic E-state index is 0.0424. The van der Waals surface area contributed by atoms with Gasteiger partial charge in [0.1, 0.15) is 11.6 Å². The largest absolute Gasteiger partial charge is 0.366 e. The molecule has 2 aliphatic heterocycles. The zero-order valence-electron chi connectivity index (χ0n) is 15.0. The summed E-state index contributed by atoms with van der Waals surface area (Å²) >= 11 is 0. The molecule has 0 atom stereocenters. The second-order valence-corrected chi connectivity index (χ2v) is 6.77. The van der Waals surface area contributed by atoms with Crippen molar-refractivity contribution >= 4 is 11.7 Å². The molecule has 6 nitrogen and oxygen atoms in total. The molecular weight excluding hydrogens is 349 g/mol. The Morgan fingerprint density at radius 3 is 2.67 bits per heavy atom. The molecule has 2 aliphatic rings. The van der Waals surface area contributed by atoms with Gasteiger partial charge >= 0.3 is 0 Å². The van der Waals surface area contributed by atoms with E-state index in [4.69, 9.17) is 9.47 Å². The Bertz CT molecular complexity index is 814. The second-order valence-electron chi connectivity index (χ2n) is 6.77. The lowest BCUT2D eigenvalue weighted by molar-refractivity contribution is -0.181. The average molecular weight is 371 g/mol. The first-order valence-electron chi connectivity index (χ1n) is 9.16. The molecule has 3 heterocycles. The molecule has 0 unspecified atom stereocenters. The van der Waals surface area contributed by atoms with Crippen molar-refractivity contribution in [2.45, 2.75) is 25.2 Å². The number of rotatable bonds is 4. The maximum absolute atomic E-state index is 13.7. The number of piperidine rings is 1. The molecule has 1 N–H and O–H groups in total. The van der Waals surface area contributed by atoms with E-state index in [1.165, 1.54) is 6.07 Å². The van der Waals surface area contributed by atoms with Gasteiger partial charge in [0.25, 0.3) is 5.91 Å². The zero-order chi connectivity index (χ0) is 18.7. The standard InChI is InChI=1S/C20H22FN3O3/c21-17-4-2-1-3-16(17)14-23-18-13-15(5-8-22-18)19(25)24-9-6-20(7-10-24)26-11-12-27-20/h1-5,8,13H,6-7,9-12,14H2,(H,22,23). The van der Waals surface area contributed by atoms with E-state index in [9.17, 15) is 9.18 Å². The highest BCUT2D eigenvalue weighted by molar-refractivity contribution is 5.94. The van der Waals surface area contributed by atoms with Crippen LogP contribution in [0.2, 0.25) is 0 Å². The zero-order valence-corrected chi connectivity index (χ0v) is 15.0. The number of benzene rings is 1. The Balaban J connectivity index is 1.38. The summed E-state index contributed by atoms with van der Waals surface area (Å²) in [6, 6.07) is 9.98. The molecule has 0 bridgehead atoms. The molecule has 0 aliphatic carbocycles. The normalized spacial score (nSPS) is 18.6. The Hall–Kier alpha value is -2.51. The molecule has 1 aromatic heterocycles. The lowest BCUT2D eigenvalue weighted by atomic mass is 10.0. The van der Waals surface area contributed by atoms with Gasteiger partial charge in [-0.2, -0.15) is 0 Å². The van der Waals surface area contributed by atoms with Gasteiger partial charge in [-0.05, 0) is 18.2 Å². The monoisotopic (exact) mass is 371 g/mol. The minimum atomic E-state index is -0.499. The summed E-state index contributed by atoms with van der Waals surface area (Å²) in [7, 11) is 0. The van der Waals surface area contributed by atoms with Crippen molar-refractivity contribution < 1.29 is 18.7 Å². The molecule has 0 radical (unpaired) electrons. The number of likely N-dealkylation sites (tertiary alicyclic amines) is 1. The number of hydrogen-bond donors (Lipinski definition) is 1.